The van der Waals surface area contributed by atoms with Crippen LogP contribution in [0.2, 0.25) is 0 Å². The molecule has 0 aromatic heterocycles. The Bertz CT molecular complexity index is 309. The molecule has 5 nitrogen and oxygen atoms in total. The Hall–Kier alpha value is -0.880. The molecule has 0 aliphatic rings. The molecular formula is C8H14O5S. The van der Waals surface area contributed by atoms with Gasteiger partial charge in [0.1, 0.15) is 0 Å². The normalized spacial score (nSPS) is 12.2. The van der Waals surface area contributed by atoms with E-state index in [1.807, 2.05) is 0 Å². The van der Waals surface area contributed by atoms with Gasteiger partial charge >= 0.3 is 16.4 Å². The van der Waals surface area contributed by atoms with Crippen LogP contribution in [0.25, 0.3) is 0 Å². The zero-order valence-corrected chi connectivity index (χ0v) is 9.26. The van der Waals surface area contributed by atoms with E-state index in [9.17, 15) is 13.2 Å². The highest BCUT2D eigenvalue weighted by molar-refractivity contribution is 7.82. The Morgan fingerprint density at radius 3 is 2.29 bits per heavy atom. The molecule has 0 unspecified atom stereocenters. The van der Waals surface area contributed by atoms with E-state index in [1.54, 1.807) is 0 Å². The first-order valence-corrected chi connectivity index (χ1v) is 5.28. The molecule has 0 N–H and O–H groups in total. The molecule has 0 bridgehead atoms. The predicted octanol–water partition coefficient (Wildman–Crippen LogP) is 1.17. The minimum Gasteiger partial charge on any atom is -0.325 e. The van der Waals surface area contributed by atoms with Gasteiger partial charge in [-0.3, -0.25) is 4.79 Å². The first-order chi connectivity index (χ1) is 6.16. The SMILES string of the molecule is C=CCC(=O)OS(=O)(=O)OC(C)(C)C. The highest BCUT2D eigenvalue weighted by Crippen LogP contribution is 2.13. The smallest absolute Gasteiger partial charge is 0.325 e. The predicted molar refractivity (Wildman–Crippen MR) is 50.7 cm³/mol. The average molecular weight is 222 g/mol. The van der Waals surface area contributed by atoms with Crippen LogP contribution in [0, 0.1) is 0 Å². The van der Waals surface area contributed by atoms with Gasteiger partial charge in [0.25, 0.3) is 0 Å². The summed E-state index contributed by atoms with van der Waals surface area (Å²) in [5, 5.41) is 0. The van der Waals surface area contributed by atoms with Crippen molar-refractivity contribution in [2.24, 2.45) is 0 Å². The lowest BCUT2D eigenvalue weighted by atomic mass is 10.2. The standard InChI is InChI=1S/C8H14O5S/c1-5-6-7(9)12-14(10,11)13-8(2,3)4/h5H,1,6H2,2-4H3. The Morgan fingerprint density at radius 1 is 1.43 bits per heavy atom. The third kappa shape index (κ3) is 6.62. The van der Waals surface area contributed by atoms with Gasteiger partial charge in [0.2, 0.25) is 0 Å². The van der Waals surface area contributed by atoms with Crippen molar-refractivity contribution in [2.45, 2.75) is 32.8 Å². The topological polar surface area (TPSA) is 69.7 Å². The maximum absolute atomic E-state index is 11.0. The minimum absolute atomic E-state index is 0.174. The molecule has 14 heavy (non-hydrogen) atoms. The van der Waals surface area contributed by atoms with Crippen molar-refractivity contribution < 1.29 is 21.6 Å². The lowest BCUT2D eigenvalue weighted by Crippen LogP contribution is -2.26. The summed E-state index contributed by atoms with van der Waals surface area (Å²) in [6, 6.07) is 0. The molecule has 0 radical (unpaired) electrons. The van der Waals surface area contributed by atoms with Crippen molar-refractivity contribution in [1.29, 1.82) is 0 Å². The Balaban J connectivity index is 4.36. The number of hydrogen-bond donors (Lipinski definition) is 0. The van der Waals surface area contributed by atoms with Gasteiger partial charge in [-0.1, -0.05) is 6.08 Å². The first-order valence-electron chi connectivity index (χ1n) is 3.95. The highest BCUT2D eigenvalue weighted by Gasteiger charge is 2.25. The van der Waals surface area contributed by atoms with Gasteiger partial charge in [-0.15, -0.1) is 6.58 Å². The summed E-state index contributed by atoms with van der Waals surface area (Å²) in [5.74, 6) is -0.913. The van der Waals surface area contributed by atoms with Crippen LogP contribution in [0.3, 0.4) is 0 Å². The monoisotopic (exact) mass is 222 g/mol. The summed E-state index contributed by atoms with van der Waals surface area (Å²) in [5.41, 5.74) is -0.923. The van der Waals surface area contributed by atoms with Crippen molar-refractivity contribution in [3.8, 4) is 0 Å². The van der Waals surface area contributed by atoms with Crippen molar-refractivity contribution in [2.75, 3.05) is 0 Å². The molecule has 0 aliphatic carbocycles. The number of rotatable bonds is 4. The fraction of sp³-hybridized carbons (Fsp3) is 0.625. The van der Waals surface area contributed by atoms with Gasteiger partial charge in [0.05, 0.1) is 12.0 Å². The molecule has 0 aliphatic heterocycles. The van der Waals surface area contributed by atoms with Gasteiger partial charge < -0.3 is 4.18 Å². The van der Waals surface area contributed by atoms with Crippen LogP contribution in [-0.4, -0.2) is 20.0 Å². The number of hydrogen-bond acceptors (Lipinski definition) is 5. The second-order valence-corrected chi connectivity index (χ2v) is 4.70. The number of carbonyl (C=O) groups excluding carboxylic acids is 1. The molecule has 0 saturated heterocycles. The molecule has 0 spiro atoms. The molecule has 0 aromatic carbocycles. The summed E-state index contributed by atoms with van der Waals surface area (Å²) >= 11 is 0. The van der Waals surface area contributed by atoms with Crippen LogP contribution in [0.1, 0.15) is 27.2 Å². The van der Waals surface area contributed by atoms with Gasteiger partial charge in [-0.05, 0) is 20.8 Å². The van der Waals surface area contributed by atoms with Crippen molar-refractivity contribution in [1.82, 2.24) is 0 Å². The molecule has 0 atom stereocenters. The van der Waals surface area contributed by atoms with Crippen molar-refractivity contribution in [3.05, 3.63) is 12.7 Å². The van der Waals surface area contributed by atoms with Crippen LogP contribution in [0.15, 0.2) is 12.7 Å². The minimum atomic E-state index is -4.26. The van der Waals surface area contributed by atoms with E-state index in [4.69, 9.17) is 0 Å². The van der Waals surface area contributed by atoms with Crippen molar-refractivity contribution >= 4 is 16.4 Å². The van der Waals surface area contributed by atoms with E-state index in [0.29, 0.717) is 0 Å². The van der Waals surface area contributed by atoms with Gasteiger partial charge in [-0.2, -0.15) is 8.42 Å². The van der Waals surface area contributed by atoms with E-state index < -0.39 is 22.0 Å². The quantitative estimate of drug-likeness (QED) is 0.668. The molecule has 0 saturated carbocycles. The Labute approximate surface area is 84.0 Å². The van der Waals surface area contributed by atoms with E-state index in [1.165, 1.54) is 26.8 Å². The fourth-order valence-electron chi connectivity index (χ4n) is 0.589. The average Bonchev–Trinajstić information content (AvgIpc) is 1.78. The van der Waals surface area contributed by atoms with E-state index in [0.717, 1.165) is 0 Å². The van der Waals surface area contributed by atoms with Crippen LogP contribution in [-0.2, 0) is 23.6 Å². The lowest BCUT2D eigenvalue weighted by molar-refractivity contribution is -0.133. The number of carbonyl (C=O) groups is 1. The van der Waals surface area contributed by atoms with Crippen LogP contribution in [0.4, 0.5) is 0 Å². The zero-order valence-electron chi connectivity index (χ0n) is 8.44. The summed E-state index contributed by atoms with van der Waals surface area (Å²) in [6.07, 6.45) is 1.07. The van der Waals surface area contributed by atoms with Crippen LogP contribution >= 0.6 is 0 Å². The molecule has 6 heteroatoms. The molecule has 0 rings (SSSR count). The van der Waals surface area contributed by atoms with E-state index >= 15 is 0 Å². The third-order valence-electron chi connectivity index (χ3n) is 0.858. The van der Waals surface area contributed by atoms with E-state index in [2.05, 4.69) is 14.9 Å². The van der Waals surface area contributed by atoms with Crippen molar-refractivity contribution in [3.63, 3.8) is 0 Å². The molecule has 0 fully saturated rings. The fourth-order valence-corrected chi connectivity index (χ4v) is 1.53. The molecule has 0 amide bonds. The van der Waals surface area contributed by atoms with Gasteiger partial charge in [0.15, 0.2) is 0 Å². The summed E-state index contributed by atoms with van der Waals surface area (Å²) in [6.45, 7) is 7.87. The summed E-state index contributed by atoms with van der Waals surface area (Å²) in [7, 11) is -4.26. The second-order valence-electron chi connectivity index (χ2n) is 3.55. The molecule has 82 valence electrons. The van der Waals surface area contributed by atoms with Crippen LogP contribution < -0.4 is 0 Å². The highest BCUT2D eigenvalue weighted by atomic mass is 32.3. The maximum atomic E-state index is 11.0. The first kappa shape index (κ1) is 13.1. The lowest BCUT2D eigenvalue weighted by Gasteiger charge is -2.17. The molecular weight excluding hydrogens is 208 g/mol. The van der Waals surface area contributed by atoms with E-state index in [-0.39, 0.29) is 6.42 Å². The Morgan fingerprint density at radius 2 is 1.93 bits per heavy atom. The largest absolute Gasteiger partial charge is 0.452 e. The second kappa shape index (κ2) is 4.56. The maximum Gasteiger partial charge on any atom is 0.452 e. The van der Waals surface area contributed by atoms with Crippen LogP contribution in [0.5, 0.6) is 0 Å². The van der Waals surface area contributed by atoms with Gasteiger partial charge in [0, 0.05) is 0 Å². The third-order valence-corrected chi connectivity index (χ3v) is 1.95. The zero-order chi connectivity index (χ0) is 11.4. The molecule has 0 heterocycles. The Kier molecular flexibility index (Phi) is 4.28. The summed E-state index contributed by atoms with van der Waals surface area (Å²) in [4.78, 5) is 10.8. The summed E-state index contributed by atoms with van der Waals surface area (Å²) < 4.78 is 30.7. The molecule has 0 aromatic rings. The van der Waals surface area contributed by atoms with Gasteiger partial charge in [-0.25, -0.2) is 4.18 Å².